The number of nitrogens with zero attached hydrogens (tertiary/aromatic N) is 1. The quantitative estimate of drug-likeness (QED) is 0.661. The van der Waals surface area contributed by atoms with E-state index in [1.807, 2.05) is 36.4 Å². The molecular weight excluding hydrogens is 432 g/mol. The van der Waals surface area contributed by atoms with E-state index >= 15 is 0 Å². The molecule has 0 heterocycles. The number of ether oxygens (including phenoxy) is 1. The molecule has 29 heavy (non-hydrogen) atoms. The second-order valence-electron chi connectivity index (χ2n) is 7.42. The fourth-order valence-corrected chi connectivity index (χ4v) is 3.88. The van der Waals surface area contributed by atoms with Gasteiger partial charge >= 0.3 is 0 Å². The molecule has 0 saturated heterocycles. The zero-order valence-corrected chi connectivity index (χ0v) is 18.3. The van der Waals surface area contributed by atoms with Crippen molar-refractivity contribution in [2.75, 3.05) is 13.7 Å². The Hall–Kier alpha value is -2.34. The van der Waals surface area contributed by atoms with Crippen LogP contribution in [-0.4, -0.2) is 36.4 Å². The predicted octanol–water partition coefficient (Wildman–Crippen LogP) is 4.55. The zero-order valence-electron chi connectivity index (χ0n) is 16.7. The fraction of sp³-hybridized carbons (Fsp3) is 0.391. The van der Waals surface area contributed by atoms with Crippen molar-refractivity contribution in [2.24, 2.45) is 0 Å². The van der Waals surface area contributed by atoms with Crippen LogP contribution in [0.5, 0.6) is 5.75 Å². The summed E-state index contributed by atoms with van der Waals surface area (Å²) in [4.78, 5) is 27.4. The van der Waals surface area contributed by atoms with Crippen LogP contribution in [-0.2, 0) is 11.3 Å². The van der Waals surface area contributed by atoms with Gasteiger partial charge in [-0.3, -0.25) is 9.59 Å². The van der Waals surface area contributed by atoms with E-state index in [-0.39, 0.29) is 24.4 Å². The monoisotopic (exact) mass is 458 g/mol. The van der Waals surface area contributed by atoms with Gasteiger partial charge in [0.05, 0.1) is 7.11 Å². The number of hydrogen-bond donors (Lipinski definition) is 1. The summed E-state index contributed by atoms with van der Waals surface area (Å²) in [5.74, 6) is 0.498. The van der Waals surface area contributed by atoms with Gasteiger partial charge in [-0.15, -0.1) is 0 Å². The number of hydrogen-bond acceptors (Lipinski definition) is 3. The number of rotatable bonds is 7. The number of methoxy groups -OCH3 is 1. The predicted molar refractivity (Wildman–Crippen MR) is 117 cm³/mol. The van der Waals surface area contributed by atoms with Crippen LogP contribution in [0.1, 0.15) is 48.0 Å². The minimum Gasteiger partial charge on any atom is -0.497 e. The molecule has 0 atom stereocenters. The van der Waals surface area contributed by atoms with Gasteiger partial charge in [0, 0.05) is 22.6 Å². The van der Waals surface area contributed by atoms with Gasteiger partial charge < -0.3 is 15.0 Å². The maximum atomic E-state index is 13.1. The van der Waals surface area contributed by atoms with Crippen LogP contribution in [0.2, 0.25) is 0 Å². The standard InChI is InChI=1S/C23H27BrN2O3/c1-29-21-13-7-17(8-14-21)15-26(23(28)18-9-11-19(24)12-10-18)16-22(27)25-20-5-3-2-4-6-20/h7-14,20H,2-6,15-16H2,1H3,(H,25,27). The van der Waals surface area contributed by atoms with Gasteiger partial charge in [0.2, 0.25) is 5.91 Å². The number of carbonyl (C=O) groups excluding carboxylic acids is 2. The van der Waals surface area contributed by atoms with Crippen molar-refractivity contribution < 1.29 is 14.3 Å². The molecule has 1 saturated carbocycles. The summed E-state index contributed by atoms with van der Waals surface area (Å²) < 4.78 is 6.11. The van der Waals surface area contributed by atoms with Crippen molar-refractivity contribution in [1.82, 2.24) is 10.2 Å². The largest absolute Gasteiger partial charge is 0.497 e. The molecule has 0 radical (unpaired) electrons. The SMILES string of the molecule is COc1ccc(CN(CC(=O)NC2CCCCC2)C(=O)c2ccc(Br)cc2)cc1. The van der Waals surface area contributed by atoms with Gasteiger partial charge in [0.15, 0.2) is 0 Å². The van der Waals surface area contributed by atoms with Gasteiger partial charge in [-0.05, 0) is 54.8 Å². The van der Waals surface area contributed by atoms with Gasteiger partial charge in [-0.1, -0.05) is 47.3 Å². The van der Waals surface area contributed by atoms with E-state index in [2.05, 4.69) is 21.2 Å². The molecule has 0 bridgehead atoms. The van der Waals surface area contributed by atoms with E-state index in [9.17, 15) is 9.59 Å². The Morgan fingerprint density at radius 2 is 1.69 bits per heavy atom. The van der Waals surface area contributed by atoms with Gasteiger partial charge in [0.1, 0.15) is 12.3 Å². The number of carbonyl (C=O) groups is 2. The summed E-state index contributed by atoms with van der Waals surface area (Å²) in [7, 11) is 1.62. The molecule has 0 aliphatic heterocycles. The van der Waals surface area contributed by atoms with Crippen LogP contribution < -0.4 is 10.1 Å². The van der Waals surface area contributed by atoms with Crippen LogP contribution in [0.4, 0.5) is 0 Å². The lowest BCUT2D eigenvalue weighted by Crippen LogP contribution is -2.44. The third-order valence-electron chi connectivity index (χ3n) is 5.22. The molecule has 0 unspecified atom stereocenters. The van der Waals surface area contributed by atoms with E-state index in [4.69, 9.17) is 4.74 Å². The number of halogens is 1. The first kappa shape index (κ1) is 21.4. The van der Waals surface area contributed by atoms with E-state index in [0.717, 1.165) is 41.5 Å². The highest BCUT2D eigenvalue weighted by molar-refractivity contribution is 9.10. The topological polar surface area (TPSA) is 58.6 Å². The Labute approximate surface area is 180 Å². The fourth-order valence-electron chi connectivity index (χ4n) is 3.62. The molecule has 1 N–H and O–H groups in total. The Kier molecular flexibility index (Phi) is 7.69. The lowest BCUT2D eigenvalue weighted by Gasteiger charge is -2.26. The smallest absolute Gasteiger partial charge is 0.254 e. The van der Waals surface area contributed by atoms with Crippen LogP contribution >= 0.6 is 15.9 Å². The molecule has 0 aromatic heterocycles. The summed E-state index contributed by atoms with van der Waals surface area (Å²) in [6.07, 6.45) is 5.57. The molecule has 1 aliphatic rings. The Balaban J connectivity index is 1.73. The van der Waals surface area contributed by atoms with Gasteiger partial charge in [-0.2, -0.15) is 0 Å². The lowest BCUT2D eigenvalue weighted by molar-refractivity contribution is -0.122. The number of benzene rings is 2. The van der Waals surface area contributed by atoms with Crippen molar-refractivity contribution in [3.05, 3.63) is 64.1 Å². The molecule has 1 aliphatic carbocycles. The first-order valence-corrected chi connectivity index (χ1v) is 10.8. The summed E-state index contributed by atoms with van der Waals surface area (Å²) in [5.41, 5.74) is 1.51. The molecule has 6 heteroatoms. The Bertz CT molecular complexity index is 815. The van der Waals surface area contributed by atoms with Gasteiger partial charge in [-0.25, -0.2) is 0 Å². The van der Waals surface area contributed by atoms with E-state index in [0.29, 0.717) is 12.1 Å². The molecule has 1 fully saturated rings. The summed E-state index contributed by atoms with van der Waals surface area (Å²) >= 11 is 3.39. The molecular formula is C23H27BrN2O3. The van der Waals surface area contributed by atoms with Gasteiger partial charge in [0.25, 0.3) is 5.91 Å². The number of amides is 2. The van der Waals surface area contributed by atoms with Crippen LogP contribution in [0.25, 0.3) is 0 Å². The summed E-state index contributed by atoms with van der Waals surface area (Å²) in [6.45, 7) is 0.397. The zero-order chi connectivity index (χ0) is 20.6. The molecule has 0 spiro atoms. The average Bonchev–Trinajstić information content (AvgIpc) is 2.74. The second kappa shape index (κ2) is 10.4. The van der Waals surface area contributed by atoms with Crippen molar-refractivity contribution in [3.63, 3.8) is 0 Å². The maximum Gasteiger partial charge on any atom is 0.254 e. The molecule has 2 aromatic carbocycles. The second-order valence-corrected chi connectivity index (χ2v) is 8.33. The highest BCUT2D eigenvalue weighted by atomic mass is 79.9. The average molecular weight is 459 g/mol. The van der Waals surface area contributed by atoms with Crippen molar-refractivity contribution >= 4 is 27.7 Å². The molecule has 2 amide bonds. The Morgan fingerprint density at radius 1 is 1.03 bits per heavy atom. The lowest BCUT2D eigenvalue weighted by atomic mass is 9.95. The maximum absolute atomic E-state index is 13.1. The first-order valence-electron chi connectivity index (χ1n) is 10.0. The van der Waals surface area contributed by atoms with Crippen LogP contribution in [0.15, 0.2) is 53.0 Å². The third kappa shape index (κ3) is 6.32. The number of nitrogens with one attached hydrogen (secondary N) is 1. The van der Waals surface area contributed by atoms with Crippen LogP contribution in [0, 0.1) is 0 Å². The van der Waals surface area contributed by atoms with Crippen molar-refractivity contribution in [3.8, 4) is 5.75 Å². The molecule has 2 aromatic rings. The molecule has 5 nitrogen and oxygen atoms in total. The van der Waals surface area contributed by atoms with Crippen LogP contribution in [0.3, 0.4) is 0 Å². The minimum atomic E-state index is -0.160. The minimum absolute atomic E-state index is 0.0391. The molecule has 154 valence electrons. The highest BCUT2D eigenvalue weighted by Gasteiger charge is 2.22. The normalized spacial score (nSPS) is 14.3. The van der Waals surface area contributed by atoms with Crippen molar-refractivity contribution in [1.29, 1.82) is 0 Å². The summed E-state index contributed by atoms with van der Waals surface area (Å²) in [6, 6.07) is 15.0. The first-order chi connectivity index (χ1) is 14.0. The molecule has 3 rings (SSSR count). The van der Waals surface area contributed by atoms with E-state index in [1.165, 1.54) is 6.42 Å². The Morgan fingerprint density at radius 3 is 2.31 bits per heavy atom. The third-order valence-corrected chi connectivity index (χ3v) is 5.74. The van der Waals surface area contributed by atoms with Crippen molar-refractivity contribution in [2.45, 2.75) is 44.7 Å². The van der Waals surface area contributed by atoms with E-state index in [1.54, 1.807) is 24.1 Å². The van der Waals surface area contributed by atoms with E-state index < -0.39 is 0 Å². The summed E-state index contributed by atoms with van der Waals surface area (Å²) in [5, 5.41) is 3.11. The highest BCUT2D eigenvalue weighted by Crippen LogP contribution is 2.19.